The molecule has 1 aromatic carbocycles. The lowest BCUT2D eigenvalue weighted by Crippen LogP contribution is -2.47. The fourth-order valence-electron chi connectivity index (χ4n) is 3.61. The Morgan fingerprint density at radius 3 is 2.50 bits per heavy atom. The van der Waals surface area contributed by atoms with Crippen molar-refractivity contribution >= 4 is 11.7 Å². The number of benzene rings is 1. The van der Waals surface area contributed by atoms with E-state index in [1.807, 2.05) is 71.2 Å². The van der Waals surface area contributed by atoms with Crippen molar-refractivity contribution in [3.8, 4) is 5.69 Å². The first-order valence-corrected chi connectivity index (χ1v) is 9.67. The molecular formula is C22H25N5O. The van der Waals surface area contributed by atoms with Gasteiger partial charge in [0.25, 0.3) is 5.91 Å². The molecule has 28 heavy (non-hydrogen) atoms. The molecule has 1 amide bonds. The average molecular weight is 375 g/mol. The number of carbonyl (C=O) groups excluding carboxylic acids is 1. The lowest BCUT2D eigenvalue weighted by atomic mass is 10.0. The van der Waals surface area contributed by atoms with Crippen LogP contribution in [0.2, 0.25) is 0 Å². The first-order valence-electron chi connectivity index (χ1n) is 9.67. The van der Waals surface area contributed by atoms with E-state index < -0.39 is 0 Å². The summed E-state index contributed by atoms with van der Waals surface area (Å²) in [5.41, 5.74) is 2.47. The van der Waals surface area contributed by atoms with Gasteiger partial charge in [0.1, 0.15) is 0 Å². The number of rotatable bonds is 4. The Labute approximate surface area is 165 Å². The maximum absolute atomic E-state index is 13.4. The molecule has 1 aliphatic heterocycles. The highest BCUT2D eigenvalue weighted by Gasteiger charge is 2.30. The van der Waals surface area contributed by atoms with E-state index in [4.69, 9.17) is 5.10 Å². The molecule has 1 aliphatic rings. The zero-order chi connectivity index (χ0) is 19.5. The van der Waals surface area contributed by atoms with Gasteiger partial charge >= 0.3 is 0 Å². The van der Waals surface area contributed by atoms with E-state index in [9.17, 15) is 4.79 Å². The van der Waals surface area contributed by atoms with Crippen LogP contribution in [0.5, 0.6) is 0 Å². The molecular weight excluding hydrogens is 350 g/mol. The zero-order valence-corrected chi connectivity index (χ0v) is 16.3. The van der Waals surface area contributed by atoms with Crippen molar-refractivity contribution in [1.29, 1.82) is 0 Å². The summed E-state index contributed by atoms with van der Waals surface area (Å²) in [7, 11) is 2.12. The molecule has 0 unspecified atom stereocenters. The number of aromatic nitrogens is 3. The number of hydrogen-bond acceptors (Lipinski definition) is 4. The maximum Gasteiger partial charge on any atom is 0.261 e. The maximum atomic E-state index is 13.4. The van der Waals surface area contributed by atoms with Crippen molar-refractivity contribution in [3.63, 3.8) is 0 Å². The first kappa shape index (κ1) is 18.4. The van der Waals surface area contributed by atoms with Crippen LogP contribution in [0.25, 0.3) is 5.69 Å². The largest absolute Gasteiger partial charge is 0.306 e. The minimum atomic E-state index is -0.0413. The van der Waals surface area contributed by atoms with Crippen LogP contribution in [-0.4, -0.2) is 51.8 Å². The van der Waals surface area contributed by atoms with Gasteiger partial charge in [-0.25, -0.2) is 4.68 Å². The van der Waals surface area contributed by atoms with Gasteiger partial charge in [-0.05, 0) is 64.2 Å². The van der Waals surface area contributed by atoms with Crippen molar-refractivity contribution in [2.24, 2.45) is 0 Å². The molecule has 6 heteroatoms. The number of para-hydroxylation sites is 1. The van der Waals surface area contributed by atoms with Gasteiger partial charge in [-0.2, -0.15) is 0 Å². The molecule has 2 aromatic heterocycles. The number of hydrogen-bond donors (Lipinski definition) is 0. The van der Waals surface area contributed by atoms with Gasteiger partial charge in [0.2, 0.25) is 0 Å². The number of nitrogens with zero attached hydrogens (tertiary/aromatic N) is 5. The molecule has 1 fully saturated rings. The summed E-state index contributed by atoms with van der Waals surface area (Å²) in [6.45, 7) is 3.87. The summed E-state index contributed by atoms with van der Waals surface area (Å²) in [6.07, 6.45) is 5.43. The molecule has 0 bridgehead atoms. The van der Waals surface area contributed by atoms with Crippen LogP contribution in [0, 0.1) is 6.92 Å². The Kier molecular flexibility index (Phi) is 5.21. The second kappa shape index (κ2) is 7.94. The van der Waals surface area contributed by atoms with E-state index in [0.29, 0.717) is 11.4 Å². The predicted molar refractivity (Wildman–Crippen MR) is 110 cm³/mol. The number of pyridine rings is 1. The average Bonchev–Trinajstić information content (AvgIpc) is 3.20. The Balaban J connectivity index is 1.68. The van der Waals surface area contributed by atoms with Gasteiger partial charge in [0.15, 0.2) is 5.82 Å². The highest BCUT2D eigenvalue weighted by molar-refractivity contribution is 6.05. The molecule has 0 N–H and O–H groups in total. The minimum absolute atomic E-state index is 0.0413. The van der Waals surface area contributed by atoms with Crippen LogP contribution in [0.1, 0.15) is 28.9 Å². The number of aryl methyl sites for hydroxylation is 1. The summed E-state index contributed by atoms with van der Waals surface area (Å²) < 4.78 is 1.82. The minimum Gasteiger partial charge on any atom is -0.306 e. The smallest absolute Gasteiger partial charge is 0.261 e. The molecule has 4 rings (SSSR count). The molecule has 0 atom stereocenters. The van der Waals surface area contributed by atoms with Gasteiger partial charge in [-0.1, -0.05) is 18.2 Å². The molecule has 3 aromatic rings. The molecule has 0 radical (unpaired) electrons. The molecule has 0 saturated carbocycles. The highest BCUT2D eigenvalue weighted by Crippen LogP contribution is 2.25. The third-order valence-electron chi connectivity index (χ3n) is 5.27. The molecule has 3 heterocycles. The lowest BCUT2D eigenvalue weighted by molar-refractivity contribution is 0.0962. The summed E-state index contributed by atoms with van der Waals surface area (Å²) in [5, 5.41) is 4.73. The van der Waals surface area contributed by atoms with Crippen molar-refractivity contribution in [3.05, 3.63) is 72.2 Å². The monoisotopic (exact) mass is 375 g/mol. The summed E-state index contributed by atoms with van der Waals surface area (Å²) in [5.74, 6) is 0.643. The first-order chi connectivity index (χ1) is 13.6. The molecule has 0 aliphatic carbocycles. The van der Waals surface area contributed by atoms with Gasteiger partial charge in [-0.15, -0.1) is 5.10 Å². The fraction of sp³-hybridized carbons (Fsp3) is 0.318. The second-order valence-electron chi connectivity index (χ2n) is 7.35. The molecule has 6 nitrogen and oxygen atoms in total. The van der Waals surface area contributed by atoms with Crippen LogP contribution < -0.4 is 4.90 Å². The number of amides is 1. The van der Waals surface area contributed by atoms with Crippen molar-refractivity contribution in [2.45, 2.75) is 25.8 Å². The number of likely N-dealkylation sites (tertiary alicyclic amines) is 1. The van der Waals surface area contributed by atoms with Gasteiger partial charge in [0, 0.05) is 30.2 Å². The number of anilines is 1. The summed E-state index contributed by atoms with van der Waals surface area (Å²) >= 11 is 0. The molecule has 1 saturated heterocycles. The van der Waals surface area contributed by atoms with Crippen LogP contribution in [0.3, 0.4) is 0 Å². The predicted octanol–water partition coefficient (Wildman–Crippen LogP) is 3.32. The van der Waals surface area contributed by atoms with E-state index in [1.54, 1.807) is 6.20 Å². The quantitative estimate of drug-likeness (QED) is 0.702. The Bertz CT molecular complexity index is 927. The highest BCUT2D eigenvalue weighted by atomic mass is 16.2. The number of carbonyl (C=O) groups is 1. The van der Waals surface area contributed by atoms with Gasteiger partial charge in [0.05, 0.1) is 11.3 Å². The normalized spacial score (nSPS) is 15.5. The number of piperidine rings is 1. The van der Waals surface area contributed by atoms with Crippen LogP contribution in [-0.2, 0) is 0 Å². The third kappa shape index (κ3) is 3.82. The lowest BCUT2D eigenvalue weighted by Gasteiger charge is -2.36. The Hall–Kier alpha value is -2.99. The fourth-order valence-corrected chi connectivity index (χ4v) is 3.61. The van der Waals surface area contributed by atoms with E-state index in [2.05, 4.69) is 16.9 Å². The Morgan fingerprint density at radius 1 is 1.07 bits per heavy atom. The summed E-state index contributed by atoms with van der Waals surface area (Å²) in [4.78, 5) is 21.9. The van der Waals surface area contributed by atoms with Crippen molar-refractivity contribution < 1.29 is 4.79 Å². The summed E-state index contributed by atoms with van der Waals surface area (Å²) in [6, 6.07) is 15.7. The van der Waals surface area contributed by atoms with E-state index in [-0.39, 0.29) is 11.9 Å². The van der Waals surface area contributed by atoms with Crippen LogP contribution in [0.4, 0.5) is 5.82 Å². The Morgan fingerprint density at radius 2 is 1.82 bits per heavy atom. The topological polar surface area (TPSA) is 54.3 Å². The molecule has 144 valence electrons. The second-order valence-corrected chi connectivity index (χ2v) is 7.35. The van der Waals surface area contributed by atoms with Crippen LogP contribution in [0.15, 0.2) is 60.9 Å². The third-order valence-corrected chi connectivity index (χ3v) is 5.27. The SMILES string of the molecule is Cc1ccc(C(=O)N(c2ccn(-c3ccccc3)n2)C2CCN(C)CC2)cn1. The van der Waals surface area contributed by atoms with E-state index >= 15 is 0 Å². The van der Waals surface area contributed by atoms with Crippen molar-refractivity contribution in [1.82, 2.24) is 19.7 Å². The zero-order valence-electron chi connectivity index (χ0n) is 16.3. The van der Waals surface area contributed by atoms with E-state index in [0.717, 1.165) is 37.3 Å². The van der Waals surface area contributed by atoms with E-state index in [1.165, 1.54) is 0 Å². The van der Waals surface area contributed by atoms with Crippen molar-refractivity contribution in [2.75, 3.05) is 25.0 Å². The van der Waals surface area contributed by atoms with Crippen LogP contribution >= 0.6 is 0 Å². The van der Waals surface area contributed by atoms with Gasteiger partial charge < -0.3 is 4.90 Å². The standard InChI is InChI=1S/C22H25N5O/c1-17-8-9-18(16-23-17)22(28)27(20-10-13-25(2)14-11-20)21-12-15-26(24-21)19-6-4-3-5-7-19/h3-9,12,15-16,20H,10-11,13-14H2,1-2H3. The van der Waals surface area contributed by atoms with Gasteiger partial charge in [-0.3, -0.25) is 14.7 Å². The molecule has 0 spiro atoms.